The van der Waals surface area contributed by atoms with Crippen molar-refractivity contribution < 1.29 is 14.3 Å². The molecule has 3 aromatic rings. The molecule has 4 rings (SSSR count). The molecule has 0 unspecified atom stereocenters. The molecule has 1 N–H and O–H groups in total. The van der Waals surface area contributed by atoms with E-state index in [1.807, 2.05) is 32.0 Å². The summed E-state index contributed by atoms with van der Waals surface area (Å²) in [5, 5.41) is 12.1. The van der Waals surface area contributed by atoms with Crippen molar-refractivity contribution in [2.24, 2.45) is 0 Å². The number of hydrogen-bond donors (Lipinski definition) is 1. The molecule has 7 heteroatoms. The summed E-state index contributed by atoms with van der Waals surface area (Å²) in [6, 6.07) is 16.1. The van der Waals surface area contributed by atoms with Crippen LogP contribution in [0.2, 0.25) is 0 Å². The third-order valence-corrected chi connectivity index (χ3v) is 5.39. The van der Waals surface area contributed by atoms with Crippen molar-refractivity contribution in [3.63, 3.8) is 0 Å². The summed E-state index contributed by atoms with van der Waals surface area (Å²) in [7, 11) is 0. The minimum Gasteiger partial charge on any atom is -0.438 e. The number of ether oxygens (including phenoxy) is 1. The topological polar surface area (TPSA) is 95.3 Å². The van der Waals surface area contributed by atoms with Crippen LogP contribution in [0.25, 0.3) is 0 Å². The van der Waals surface area contributed by atoms with Gasteiger partial charge >= 0.3 is 0 Å². The number of rotatable bonds is 5. The van der Waals surface area contributed by atoms with Crippen molar-refractivity contribution in [3.05, 3.63) is 77.0 Å². The number of fused-ring (bicyclic) bond motifs is 1. The molecule has 0 radical (unpaired) electrons. The smallest absolute Gasteiger partial charge is 0.255 e. The Morgan fingerprint density at radius 2 is 2.06 bits per heavy atom. The van der Waals surface area contributed by atoms with Gasteiger partial charge in [-0.15, -0.1) is 0 Å². The van der Waals surface area contributed by atoms with E-state index in [1.165, 1.54) is 0 Å². The molecule has 0 atom stereocenters. The minimum absolute atomic E-state index is 0.0893. The molecule has 2 amide bonds. The second-order valence-corrected chi connectivity index (χ2v) is 7.49. The first-order chi connectivity index (χ1) is 15.5. The molecule has 32 heavy (non-hydrogen) atoms. The van der Waals surface area contributed by atoms with Crippen LogP contribution in [0, 0.1) is 18.3 Å². The average Bonchev–Trinajstić information content (AvgIpc) is 3.24. The highest BCUT2D eigenvalue weighted by molar-refractivity contribution is 6.05. The molecule has 7 nitrogen and oxygen atoms in total. The number of carbonyl (C=O) groups is 2. The number of aryl methyl sites for hydroxylation is 1. The van der Waals surface area contributed by atoms with E-state index >= 15 is 0 Å². The first kappa shape index (κ1) is 21.1. The van der Waals surface area contributed by atoms with Crippen molar-refractivity contribution in [2.45, 2.75) is 26.7 Å². The van der Waals surface area contributed by atoms with E-state index in [-0.39, 0.29) is 17.7 Å². The van der Waals surface area contributed by atoms with E-state index in [0.717, 1.165) is 23.2 Å². The van der Waals surface area contributed by atoms with Crippen LogP contribution in [0.5, 0.6) is 11.6 Å². The lowest BCUT2D eigenvalue weighted by Gasteiger charge is -2.16. The van der Waals surface area contributed by atoms with Gasteiger partial charge in [0.2, 0.25) is 11.8 Å². The Bertz CT molecular complexity index is 1250. The molecule has 1 aliphatic rings. The van der Waals surface area contributed by atoms with Crippen LogP contribution in [-0.2, 0) is 11.2 Å². The van der Waals surface area contributed by atoms with Gasteiger partial charge < -0.3 is 15.0 Å². The second-order valence-electron chi connectivity index (χ2n) is 7.49. The number of hydrogen-bond acceptors (Lipinski definition) is 5. The number of carbonyl (C=O) groups excluding carboxylic acids is 2. The molecule has 1 aliphatic heterocycles. The zero-order chi connectivity index (χ0) is 22.7. The molecule has 0 aliphatic carbocycles. The Morgan fingerprint density at radius 3 is 2.81 bits per heavy atom. The van der Waals surface area contributed by atoms with Gasteiger partial charge in [0.25, 0.3) is 5.91 Å². The molecule has 0 saturated carbocycles. The van der Waals surface area contributed by atoms with Crippen LogP contribution >= 0.6 is 0 Å². The van der Waals surface area contributed by atoms with Crippen molar-refractivity contribution in [2.75, 3.05) is 16.8 Å². The van der Waals surface area contributed by atoms with Gasteiger partial charge in [-0.1, -0.05) is 6.92 Å². The Hall–Kier alpha value is -4.18. The summed E-state index contributed by atoms with van der Waals surface area (Å²) in [5.74, 6) is 0.627. The van der Waals surface area contributed by atoms with E-state index in [4.69, 9.17) is 4.74 Å². The molecule has 0 bridgehead atoms. The molecular weight excluding hydrogens is 404 g/mol. The van der Waals surface area contributed by atoms with Crippen molar-refractivity contribution in [1.29, 1.82) is 5.26 Å². The highest BCUT2D eigenvalue weighted by Crippen LogP contribution is 2.30. The van der Waals surface area contributed by atoms with Gasteiger partial charge in [0.05, 0.1) is 0 Å². The standard InChI is InChI=1S/C25H22N4O3/c1-3-23(30)29-12-10-17-14-18(6-9-22(17)29)24(31)28-21-8-7-20(13-16(21)2)32-25-19(15-26)5-4-11-27-25/h4-9,11,13-14H,3,10,12H2,1-2H3,(H,28,31). The average molecular weight is 426 g/mol. The van der Waals surface area contributed by atoms with E-state index in [9.17, 15) is 14.9 Å². The first-order valence-corrected chi connectivity index (χ1v) is 10.4. The monoisotopic (exact) mass is 426 g/mol. The molecule has 0 fully saturated rings. The SMILES string of the molecule is CCC(=O)N1CCc2cc(C(=O)Nc3ccc(Oc4ncccc4C#N)cc3C)ccc21. The van der Waals surface area contributed by atoms with Gasteiger partial charge in [0, 0.05) is 36.1 Å². The van der Waals surface area contributed by atoms with Gasteiger partial charge in [0.1, 0.15) is 17.4 Å². The van der Waals surface area contributed by atoms with Crippen LogP contribution in [0.3, 0.4) is 0 Å². The summed E-state index contributed by atoms with van der Waals surface area (Å²) in [6.07, 6.45) is 2.76. The van der Waals surface area contributed by atoms with Crippen molar-refractivity contribution >= 4 is 23.2 Å². The van der Waals surface area contributed by atoms with Gasteiger partial charge in [-0.2, -0.15) is 5.26 Å². The number of benzene rings is 2. The third kappa shape index (κ3) is 4.16. The number of aromatic nitrogens is 1. The summed E-state index contributed by atoms with van der Waals surface area (Å²) in [5.41, 5.74) is 4.25. The molecule has 2 heterocycles. The van der Waals surface area contributed by atoms with E-state index in [1.54, 1.807) is 47.5 Å². The van der Waals surface area contributed by atoms with Gasteiger partial charge in [-0.25, -0.2) is 4.98 Å². The lowest BCUT2D eigenvalue weighted by molar-refractivity contribution is -0.118. The normalized spacial score (nSPS) is 12.1. The largest absolute Gasteiger partial charge is 0.438 e. The Morgan fingerprint density at radius 1 is 1.22 bits per heavy atom. The van der Waals surface area contributed by atoms with Crippen LogP contribution in [0.4, 0.5) is 11.4 Å². The number of nitrogens with one attached hydrogen (secondary N) is 1. The molecule has 1 aromatic heterocycles. The predicted molar refractivity (Wildman–Crippen MR) is 121 cm³/mol. The molecule has 0 spiro atoms. The Labute approximate surface area is 186 Å². The highest BCUT2D eigenvalue weighted by atomic mass is 16.5. The maximum atomic E-state index is 12.8. The zero-order valence-electron chi connectivity index (χ0n) is 17.9. The Balaban J connectivity index is 1.48. The maximum absolute atomic E-state index is 12.8. The zero-order valence-corrected chi connectivity index (χ0v) is 17.9. The fourth-order valence-electron chi connectivity index (χ4n) is 3.70. The van der Waals surface area contributed by atoms with E-state index in [2.05, 4.69) is 10.3 Å². The summed E-state index contributed by atoms with van der Waals surface area (Å²) in [4.78, 5) is 30.8. The number of pyridine rings is 1. The summed E-state index contributed by atoms with van der Waals surface area (Å²) in [6.45, 7) is 4.36. The summed E-state index contributed by atoms with van der Waals surface area (Å²) < 4.78 is 5.74. The van der Waals surface area contributed by atoms with Gasteiger partial charge in [-0.05, 0) is 73.0 Å². The van der Waals surface area contributed by atoms with Gasteiger partial charge in [-0.3, -0.25) is 9.59 Å². The second kappa shape index (κ2) is 8.90. The lowest BCUT2D eigenvalue weighted by Crippen LogP contribution is -2.27. The summed E-state index contributed by atoms with van der Waals surface area (Å²) >= 11 is 0. The van der Waals surface area contributed by atoms with Gasteiger partial charge in [0.15, 0.2) is 0 Å². The minimum atomic E-state index is -0.221. The number of nitrogens with zero attached hydrogens (tertiary/aromatic N) is 3. The number of anilines is 2. The van der Waals surface area contributed by atoms with Crippen LogP contribution in [-0.4, -0.2) is 23.3 Å². The fourth-order valence-corrected chi connectivity index (χ4v) is 3.70. The molecular formula is C25H22N4O3. The maximum Gasteiger partial charge on any atom is 0.255 e. The van der Waals surface area contributed by atoms with E-state index < -0.39 is 0 Å². The predicted octanol–water partition coefficient (Wildman–Crippen LogP) is 4.61. The quantitative estimate of drug-likeness (QED) is 0.643. The molecule has 2 aromatic carbocycles. The third-order valence-electron chi connectivity index (χ3n) is 5.39. The van der Waals surface area contributed by atoms with Crippen LogP contribution < -0.4 is 15.0 Å². The Kier molecular flexibility index (Phi) is 5.86. The van der Waals surface area contributed by atoms with Crippen molar-refractivity contribution in [1.82, 2.24) is 4.98 Å². The lowest BCUT2D eigenvalue weighted by atomic mass is 10.1. The highest BCUT2D eigenvalue weighted by Gasteiger charge is 2.24. The van der Waals surface area contributed by atoms with E-state index in [0.29, 0.717) is 35.5 Å². The first-order valence-electron chi connectivity index (χ1n) is 10.4. The van der Waals surface area contributed by atoms with Crippen molar-refractivity contribution in [3.8, 4) is 17.7 Å². The number of nitriles is 1. The number of amides is 2. The molecule has 160 valence electrons. The molecule has 0 saturated heterocycles. The van der Waals surface area contributed by atoms with Crippen LogP contribution in [0.1, 0.15) is 40.4 Å². The fraction of sp³-hybridized carbons (Fsp3) is 0.200. The van der Waals surface area contributed by atoms with Crippen LogP contribution in [0.15, 0.2) is 54.7 Å².